The number of amides is 5. The highest BCUT2D eigenvalue weighted by Crippen LogP contribution is 2.50. The lowest BCUT2D eigenvalue weighted by Crippen LogP contribution is -2.75. The van der Waals surface area contributed by atoms with Gasteiger partial charge in [0.05, 0.1) is 55.2 Å². The van der Waals surface area contributed by atoms with E-state index in [9.17, 15) is 19.2 Å². The van der Waals surface area contributed by atoms with Gasteiger partial charge in [-0.2, -0.15) is 0 Å². The summed E-state index contributed by atoms with van der Waals surface area (Å²) in [5.41, 5.74) is -1.52. The van der Waals surface area contributed by atoms with E-state index in [2.05, 4.69) is 15.8 Å². The van der Waals surface area contributed by atoms with Gasteiger partial charge in [-0.15, -0.1) is 0 Å². The van der Waals surface area contributed by atoms with Crippen LogP contribution in [0.25, 0.3) is 11.0 Å². The third-order valence-electron chi connectivity index (χ3n) is 7.88. The Balaban J connectivity index is 1.47. The van der Waals surface area contributed by atoms with Crippen molar-refractivity contribution in [3.63, 3.8) is 0 Å². The average molecular weight is 562 g/mol. The van der Waals surface area contributed by atoms with Crippen LogP contribution in [0, 0.1) is 11.2 Å². The number of ether oxygens (including phenoxy) is 4. The van der Waals surface area contributed by atoms with Gasteiger partial charge in [-0.1, -0.05) is 5.16 Å². The van der Waals surface area contributed by atoms with Gasteiger partial charge in [0.1, 0.15) is 6.61 Å². The molecule has 0 radical (unpaired) electrons. The molecule has 214 valence electrons. The number of urea groups is 1. The van der Waals surface area contributed by atoms with E-state index in [1.807, 2.05) is 0 Å². The Labute approximate surface area is 227 Å². The molecule has 0 aliphatic carbocycles. The van der Waals surface area contributed by atoms with Gasteiger partial charge in [0.15, 0.2) is 17.1 Å². The van der Waals surface area contributed by atoms with Crippen molar-refractivity contribution < 1.29 is 47.0 Å². The number of methoxy groups -OCH3 is 1. The molecule has 3 fully saturated rings. The number of aromatic nitrogens is 1. The fourth-order valence-electron chi connectivity index (χ4n) is 6.31. The maximum atomic E-state index is 16.3. The van der Waals surface area contributed by atoms with Gasteiger partial charge in [0.2, 0.25) is 17.4 Å². The predicted molar refractivity (Wildman–Crippen MR) is 133 cm³/mol. The molecular formula is C25H28FN5O9. The van der Waals surface area contributed by atoms with Crippen molar-refractivity contribution in [1.29, 1.82) is 0 Å². The standard InChI is InChI=1S/C25H28FN5O9/c1-11-8-30-17-13(7-25(19(30)12(2)39-11)21(32)27-23(34)28-22(25)33)6-15-18(16(17)26)40-29-20(15)31-14(10-38-24(31)35)9-37-5-4-36-3/h6,11-12,14,19H,4-5,7-10H2,1-3H3,(H2,27,28,32,33,34)/t11-,12+,14+,19?/m1/s1. The molecule has 1 unspecified atom stereocenters. The minimum Gasteiger partial charge on any atom is -0.447 e. The number of cyclic esters (lactones) is 1. The van der Waals surface area contributed by atoms with E-state index >= 15 is 4.39 Å². The smallest absolute Gasteiger partial charge is 0.416 e. The summed E-state index contributed by atoms with van der Waals surface area (Å²) in [6, 6.07) is -0.839. The van der Waals surface area contributed by atoms with E-state index in [0.29, 0.717) is 18.8 Å². The molecule has 2 N–H and O–H groups in total. The lowest BCUT2D eigenvalue weighted by molar-refractivity contribution is -0.153. The molecule has 14 nitrogen and oxygen atoms in total. The first-order valence-corrected chi connectivity index (χ1v) is 12.9. The van der Waals surface area contributed by atoms with Gasteiger partial charge in [0.25, 0.3) is 0 Å². The average Bonchev–Trinajstić information content (AvgIpc) is 3.47. The van der Waals surface area contributed by atoms with Crippen LogP contribution in [-0.4, -0.2) is 93.5 Å². The molecule has 4 atom stereocenters. The number of hydrogen-bond acceptors (Lipinski definition) is 11. The van der Waals surface area contributed by atoms with Gasteiger partial charge < -0.3 is 28.4 Å². The van der Waals surface area contributed by atoms with Gasteiger partial charge in [-0.25, -0.2) is 18.9 Å². The zero-order chi connectivity index (χ0) is 28.3. The number of fused-ring (bicyclic) bond motifs is 5. The fourth-order valence-corrected chi connectivity index (χ4v) is 6.31. The fraction of sp³-hybridized carbons (Fsp3) is 0.560. The maximum Gasteiger partial charge on any atom is 0.416 e. The number of anilines is 2. The van der Waals surface area contributed by atoms with E-state index in [-0.39, 0.29) is 54.8 Å². The lowest BCUT2D eigenvalue weighted by atomic mass is 9.66. The summed E-state index contributed by atoms with van der Waals surface area (Å²) < 4.78 is 43.5. The predicted octanol–water partition coefficient (Wildman–Crippen LogP) is 0.846. The SMILES string of the molecule is COCCOC[C@H]1COC(=O)N1c1noc2c(F)c3c(cc12)CC1(C(=O)NC(=O)NC1=O)C1[C@H](C)O[C@H](C)CN31. The molecule has 4 aliphatic rings. The van der Waals surface area contributed by atoms with E-state index in [1.165, 1.54) is 12.0 Å². The topological polar surface area (TPSA) is 162 Å². The molecule has 6 rings (SSSR count). The number of rotatable bonds is 6. The number of hydrogen-bond donors (Lipinski definition) is 2. The normalized spacial score (nSPS) is 27.5. The van der Waals surface area contributed by atoms with E-state index in [0.717, 1.165) is 0 Å². The molecular weight excluding hydrogens is 533 g/mol. The van der Waals surface area contributed by atoms with Crippen LogP contribution >= 0.6 is 0 Å². The summed E-state index contributed by atoms with van der Waals surface area (Å²) in [5, 5.41) is 8.58. The van der Waals surface area contributed by atoms with Crippen LogP contribution in [0.15, 0.2) is 10.6 Å². The molecule has 1 aromatic carbocycles. The Hall–Kier alpha value is -3.82. The number of barbiturate groups is 1. The zero-order valence-corrected chi connectivity index (χ0v) is 22.0. The van der Waals surface area contributed by atoms with Crippen molar-refractivity contribution in [3.8, 4) is 0 Å². The minimum atomic E-state index is -1.79. The molecule has 15 heteroatoms. The number of morpholine rings is 1. The van der Waals surface area contributed by atoms with E-state index in [1.54, 1.807) is 24.8 Å². The molecule has 0 saturated carbocycles. The Morgan fingerprint density at radius 3 is 2.65 bits per heavy atom. The van der Waals surface area contributed by atoms with Crippen molar-refractivity contribution in [2.45, 2.75) is 44.6 Å². The summed E-state index contributed by atoms with van der Waals surface area (Å²) >= 11 is 0. The molecule has 0 bridgehead atoms. The largest absolute Gasteiger partial charge is 0.447 e. The van der Waals surface area contributed by atoms with Gasteiger partial charge >= 0.3 is 12.1 Å². The second-order valence-electron chi connectivity index (χ2n) is 10.4. The van der Waals surface area contributed by atoms with Crippen LogP contribution in [0.1, 0.15) is 19.4 Å². The third kappa shape index (κ3) is 3.83. The summed E-state index contributed by atoms with van der Waals surface area (Å²) in [6.07, 6.45) is -1.96. The molecule has 5 amide bonds. The lowest BCUT2D eigenvalue weighted by Gasteiger charge is -2.55. The molecule has 1 spiro atoms. The van der Waals surface area contributed by atoms with Gasteiger partial charge in [0, 0.05) is 20.1 Å². The van der Waals surface area contributed by atoms with Crippen LogP contribution in [-0.2, 0) is 35.0 Å². The van der Waals surface area contributed by atoms with Crippen LogP contribution in [0.4, 0.5) is 25.5 Å². The molecule has 2 aromatic rings. The van der Waals surface area contributed by atoms with Crippen molar-refractivity contribution in [3.05, 3.63) is 17.4 Å². The summed E-state index contributed by atoms with van der Waals surface area (Å²) in [7, 11) is 1.54. The van der Waals surface area contributed by atoms with Crippen LogP contribution in [0.2, 0.25) is 0 Å². The maximum absolute atomic E-state index is 16.3. The van der Waals surface area contributed by atoms with Crippen molar-refractivity contribution >= 4 is 46.4 Å². The molecule has 4 aliphatic heterocycles. The summed E-state index contributed by atoms with van der Waals surface area (Å²) in [5.74, 6) is -2.32. The number of nitrogens with one attached hydrogen (secondary N) is 2. The first kappa shape index (κ1) is 26.4. The first-order valence-electron chi connectivity index (χ1n) is 12.9. The van der Waals surface area contributed by atoms with Gasteiger partial charge in [-0.3, -0.25) is 20.2 Å². The molecule has 40 heavy (non-hydrogen) atoms. The number of carbonyl (C=O) groups excluding carboxylic acids is 4. The Kier molecular flexibility index (Phi) is 6.39. The van der Waals surface area contributed by atoms with E-state index < -0.39 is 53.4 Å². The van der Waals surface area contributed by atoms with E-state index in [4.69, 9.17) is 23.5 Å². The number of imide groups is 2. The summed E-state index contributed by atoms with van der Waals surface area (Å²) in [6.45, 7) is 4.46. The van der Waals surface area contributed by atoms with Crippen LogP contribution < -0.4 is 20.4 Å². The monoisotopic (exact) mass is 561 g/mol. The van der Waals surface area contributed by atoms with Crippen LogP contribution in [0.3, 0.4) is 0 Å². The Morgan fingerprint density at radius 1 is 1.18 bits per heavy atom. The van der Waals surface area contributed by atoms with Crippen molar-refractivity contribution in [2.24, 2.45) is 5.41 Å². The van der Waals surface area contributed by atoms with Crippen molar-refractivity contribution in [2.75, 3.05) is 49.9 Å². The Morgan fingerprint density at radius 2 is 1.93 bits per heavy atom. The quantitative estimate of drug-likeness (QED) is 0.380. The van der Waals surface area contributed by atoms with Crippen molar-refractivity contribution in [1.82, 2.24) is 15.8 Å². The molecule has 1 aromatic heterocycles. The number of carbonyl (C=O) groups is 4. The second-order valence-corrected chi connectivity index (χ2v) is 10.4. The minimum absolute atomic E-state index is 0.0205. The number of halogens is 1. The number of benzene rings is 1. The van der Waals surface area contributed by atoms with Crippen LogP contribution in [0.5, 0.6) is 0 Å². The van der Waals surface area contributed by atoms with Gasteiger partial charge in [-0.05, 0) is 25.5 Å². The second kappa shape index (κ2) is 9.67. The molecule has 5 heterocycles. The Bertz CT molecular complexity index is 1390. The molecule has 3 saturated heterocycles. The highest BCUT2D eigenvalue weighted by molar-refractivity contribution is 6.20. The summed E-state index contributed by atoms with van der Waals surface area (Å²) in [4.78, 5) is 54.3. The third-order valence-corrected chi connectivity index (χ3v) is 7.88. The highest BCUT2D eigenvalue weighted by Gasteiger charge is 2.63. The number of nitrogens with zero attached hydrogens (tertiary/aromatic N) is 3. The zero-order valence-electron chi connectivity index (χ0n) is 22.0. The first-order chi connectivity index (χ1) is 19.2. The highest BCUT2D eigenvalue weighted by atomic mass is 19.1.